The Labute approximate surface area is 143 Å². The van der Waals surface area contributed by atoms with Crippen molar-refractivity contribution >= 4 is 16.8 Å². The number of aliphatic hydroxyl groups is 1. The molecule has 1 fully saturated rings. The molecule has 1 amide bonds. The van der Waals surface area contributed by atoms with E-state index in [1.54, 1.807) is 0 Å². The number of carbonyl (C=O) groups excluding carboxylic acids is 1. The molecule has 2 N–H and O–H groups in total. The lowest BCUT2D eigenvalue weighted by atomic mass is 10.00. The molecule has 0 spiro atoms. The van der Waals surface area contributed by atoms with Crippen molar-refractivity contribution in [1.29, 1.82) is 0 Å². The van der Waals surface area contributed by atoms with Gasteiger partial charge in [-0.2, -0.15) is 0 Å². The molecule has 1 saturated carbocycles. The minimum atomic E-state index is -0.0425. The van der Waals surface area contributed by atoms with Crippen molar-refractivity contribution in [3.05, 3.63) is 40.6 Å². The predicted molar refractivity (Wildman–Crippen MR) is 96.4 cm³/mol. The molecule has 24 heavy (non-hydrogen) atoms. The molecular formula is C20H26N2O2. The Morgan fingerprint density at radius 3 is 2.75 bits per heavy atom. The number of rotatable bonds is 6. The van der Waals surface area contributed by atoms with E-state index >= 15 is 0 Å². The second-order valence-corrected chi connectivity index (χ2v) is 7.17. The van der Waals surface area contributed by atoms with Crippen LogP contribution < -0.4 is 5.32 Å². The molecule has 1 aromatic carbocycles. The average Bonchev–Trinajstić information content (AvgIpc) is 3.37. The van der Waals surface area contributed by atoms with Crippen LogP contribution in [0, 0.1) is 19.8 Å². The van der Waals surface area contributed by atoms with Crippen LogP contribution in [-0.2, 0) is 0 Å². The molecule has 3 rings (SSSR count). The minimum Gasteiger partial charge on any atom is -0.396 e. The van der Waals surface area contributed by atoms with Gasteiger partial charge in [0.2, 0.25) is 0 Å². The number of carbonyl (C=O) groups is 1. The van der Waals surface area contributed by atoms with Crippen molar-refractivity contribution in [3.63, 3.8) is 0 Å². The molecule has 1 atom stereocenters. The van der Waals surface area contributed by atoms with Crippen molar-refractivity contribution in [2.45, 2.75) is 46.0 Å². The molecule has 2 aromatic rings. The number of amides is 1. The van der Waals surface area contributed by atoms with E-state index in [1.807, 2.05) is 19.9 Å². The summed E-state index contributed by atoms with van der Waals surface area (Å²) >= 11 is 0. The first-order valence-corrected chi connectivity index (χ1v) is 8.80. The van der Waals surface area contributed by atoms with Crippen LogP contribution in [0.3, 0.4) is 0 Å². The van der Waals surface area contributed by atoms with Gasteiger partial charge in [-0.1, -0.05) is 18.6 Å². The van der Waals surface area contributed by atoms with Gasteiger partial charge < -0.3 is 10.4 Å². The van der Waals surface area contributed by atoms with Gasteiger partial charge in [0.05, 0.1) is 11.1 Å². The normalized spacial score (nSPS) is 15.5. The highest BCUT2D eigenvalue weighted by atomic mass is 16.3. The number of nitrogens with zero attached hydrogens (tertiary/aromatic N) is 1. The number of fused-ring (bicyclic) bond motifs is 1. The Morgan fingerprint density at radius 1 is 1.33 bits per heavy atom. The van der Waals surface area contributed by atoms with Gasteiger partial charge in [0.15, 0.2) is 0 Å². The molecular weight excluding hydrogens is 300 g/mol. The minimum absolute atomic E-state index is 0.0425. The molecule has 1 aliphatic rings. The summed E-state index contributed by atoms with van der Waals surface area (Å²) in [7, 11) is 0. The average molecular weight is 326 g/mol. The summed E-state index contributed by atoms with van der Waals surface area (Å²) in [6, 6.07) is 6.15. The molecule has 1 unspecified atom stereocenters. The van der Waals surface area contributed by atoms with Crippen molar-refractivity contribution in [2.75, 3.05) is 13.2 Å². The van der Waals surface area contributed by atoms with E-state index in [2.05, 4.69) is 24.4 Å². The number of nitrogens with one attached hydrogen (secondary N) is 1. The number of hydrogen-bond donors (Lipinski definition) is 2. The second kappa shape index (κ2) is 6.89. The highest BCUT2D eigenvalue weighted by molar-refractivity contribution is 6.07. The van der Waals surface area contributed by atoms with Gasteiger partial charge in [0.25, 0.3) is 5.91 Å². The van der Waals surface area contributed by atoms with Crippen LogP contribution in [0.2, 0.25) is 0 Å². The maximum atomic E-state index is 12.8. The number of benzene rings is 1. The van der Waals surface area contributed by atoms with E-state index in [-0.39, 0.29) is 18.4 Å². The van der Waals surface area contributed by atoms with E-state index in [0.29, 0.717) is 18.9 Å². The van der Waals surface area contributed by atoms with Crippen molar-refractivity contribution < 1.29 is 9.90 Å². The van der Waals surface area contributed by atoms with E-state index in [0.717, 1.165) is 46.1 Å². The molecule has 0 bridgehead atoms. The highest BCUT2D eigenvalue weighted by Gasteiger charge is 2.27. The standard InChI is InChI=1S/C20H26N2O2/c1-12(6-7-23)11-21-20(24)17-10-18(15-4-5-15)22-19-14(3)8-13(2)9-16(17)19/h8-10,12,15,23H,4-7,11H2,1-3H3,(H,21,24). The zero-order valence-corrected chi connectivity index (χ0v) is 14.7. The highest BCUT2D eigenvalue weighted by Crippen LogP contribution is 2.40. The topological polar surface area (TPSA) is 62.2 Å². The van der Waals surface area contributed by atoms with Gasteiger partial charge in [0, 0.05) is 30.1 Å². The summed E-state index contributed by atoms with van der Waals surface area (Å²) in [5.74, 6) is 0.729. The molecule has 1 aromatic heterocycles. The fourth-order valence-electron chi connectivity index (χ4n) is 3.16. The first-order chi connectivity index (χ1) is 11.5. The zero-order chi connectivity index (χ0) is 17.3. The first kappa shape index (κ1) is 16.9. The number of hydrogen-bond acceptors (Lipinski definition) is 3. The molecule has 1 aliphatic carbocycles. The van der Waals surface area contributed by atoms with Gasteiger partial charge in [-0.3, -0.25) is 9.78 Å². The van der Waals surface area contributed by atoms with Crippen molar-refractivity contribution in [2.24, 2.45) is 5.92 Å². The van der Waals surface area contributed by atoms with Crippen LogP contribution in [-0.4, -0.2) is 29.1 Å². The summed E-state index contributed by atoms with van der Waals surface area (Å²) in [6.07, 6.45) is 3.03. The van der Waals surface area contributed by atoms with Gasteiger partial charge in [-0.15, -0.1) is 0 Å². The third-order valence-corrected chi connectivity index (χ3v) is 4.74. The van der Waals surface area contributed by atoms with E-state index < -0.39 is 0 Å². The van der Waals surface area contributed by atoms with Crippen LogP contribution >= 0.6 is 0 Å². The summed E-state index contributed by atoms with van der Waals surface area (Å²) in [6.45, 7) is 6.87. The maximum absolute atomic E-state index is 12.8. The molecule has 4 heteroatoms. The van der Waals surface area contributed by atoms with Gasteiger partial charge in [-0.25, -0.2) is 0 Å². The Balaban J connectivity index is 1.97. The maximum Gasteiger partial charge on any atom is 0.252 e. The molecule has 128 valence electrons. The summed E-state index contributed by atoms with van der Waals surface area (Å²) < 4.78 is 0. The lowest BCUT2D eigenvalue weighted by molar-refractivity contribution is 0.0947. The molecule has 1 heterocycles. The summed E-state index contributed by atoms with van der Waals surface area (Å²) in [4.78, 5) is 17.6. The van der Waals surface area contributed by atoms with Crippen LogP contribution in [0.4, 0.5) is 0 Å². The quantitative estimate of drug-likeness (QED) is 0.854. The third kappa shape index (κ3) is 3.59. The molecule has 4 nitrogen and oxygen atoms in total. The lowest BCUT2D eigenvalue weighted by Gasteiger charge is -2.14. The number of aliphatic hydroxyl groups excluding tert-OH is 1. The Kier molecular flexibility index (Phi) is 4.86. The largest absolute Gasteiger partial charge is 0.396 e. The smallest absolute Gasteiger partial charge is 0.252 e. The van der Waals surface area contributed by atoms with E-state index in [4.69, 9.17) is 10.1 Å². The fourth-order valence-corrected chi connectivity index (χ4v) is 3.16. The van der Waals surface area contributed by atoms with Crippen LogP contribution in [0.15, 0.2) is 18.2 Å². The SMILES string of the molecule is Cc1cc(C)c2nc(C3CC3)cc(C(=O)NCC(C)CCO)c2c1. The summed E-state index contributed by atoms with van der Waals surface area (Å²) in [5, 5.41) is 13.0. The number of pyridine rings is 1. The van der Waals surface area contributed by atoms with E-state index in [9.17, 15) is 4.79 Å². The van der Waals surface area contributed by atoms with Crippen molar-refractivity contribution in [1.82, 2.24) is 10.3 Å². The second-order valence-electron chi connectivity index (χ2n) is 7.17. The number of aromatic nitrogens is 1. The Morgan fingerprint density at radius 2 is 2.08 bits per heavy atom. The van der Waals surface area contributed by atoms with Crippen LogP contribution in [0.25, 0.3) is 10.9 Å². The van der Waals surface area contributed by atoms with Crippen LogP contribution in [0.5, 0.6) is 0 Å². The molecule has 0 radical (unpaired) electrons. The van der Waals surface area contributed by atoms with Crippen molar-refractivity contribution in [3.8, 4) is 0 Å². The van der Waals surface area contributed by atoms with E-state index in [1.165, 1.54) is 0 Å². The van der Waals surface area contributed by atoms with Gasteiger partial charge >= 0.3 is 0 Å². The zero-order valence-electron chi connectivity index (χ0n) is 14.7. The Bertz CT molecular complexity index is 766. The number of aryl methyl sites for hydroxylation is 2. The van der Waals surface area contributed by atoms with Crippen LogP contribution in [0.1, 0.15) is 59.3 Å². The molecule has 0 aliphatic heterocycles. The van der Waals surface area contributed by atoms with Gasteiger partial charge in [-0.05, 0) is 56.7 Å². The predicted octanol–water partition coefficient (Wildman–Crippen LogP) is 3.48. The Hall–Kier alpha value is -1.94. The monoisotopic (exact) mass is 326 g/mol. The first-order valence-electron chi connectivity index (χ1n) is 8.80. The lowest BCUT2D eigenvalue weighted by Crippen LogP contribution is -2.29. The summed E-state index contributed by atoms with van der Waals surface area (Å²) in [5.41, 5.74) is 4.98. The van der Waals surface area contributed by atoms with Gasteiger partial charge in [0.1, 0.15) is 0 Å². The third-order valence-electron chi connectivity index (χ3n) is 4.74. The molecule has 0 saturated heterocycles. The fraction of sp³-hybridized carbons (Fsp3) is 0.500.